The van der Waals surface area contributed by atoms with Crippen LogP contribution in [-0.4, -0.2) is 38.8 Å². The monoisotopic (exact) mass is 486 g/mol. The third kappa shape index (κ3) is 7.59. The molecule has 4 aromatic carbocycles. The molecule has 2 nitrogen and oxygen atoms in total. The molecule has 0 heterocycles. The summed E-state index contributed by atoms with van der Waals surface area (Å²) in [5.41, 5.74) is 0. The van der Waals surface area contributed by atoms with Gasteiger partial charge in [-0.3, -0.25) is 0 Å². The molecular weight excluding hydrogens is 454 g/mol. The van der Waals surface area contributed by atoms with Crippen LogP contribution in [0.3, 0.4) is 0 Å². The highest BCUT2D eigenvalue weighted by Gasteiger charge is 2.14. The van der Waals surface area contributed by atoms with Crippen molar-refractivity contribution in [1.29, 1.82) is 0 Å². The van der Waals surface area contributed by atoms with Crippen molar-refractivity contribution in [3.05, 3.63) is 121 Å². The van der Waals surface area contributed by atoms with Crippen LogP contribution in [0.15, 0.2) is 121 Å². The van der Waals surface area contributed by atoms with Crippen LogP contribution in [0.25, 0.3) is 0 Å². The zero-order valence-electron chi connectivity index (χ0n) is 19.5. The summed E-state index contributed by atoms with van der Waals surface area (Å²) in [5, 5.41) is 5.61. The van der Waals surface area contributed by atoms with Crippen molar-refractivity contribution in [2.24, 2.45) is 0 Å². The van der Waals surface area contributed by atoms with Crippen LogP contribution in [-0.2, 0) is 9.47 Å². The highest BCUT2D eigenvalue weighted by molar-refractivity contribution is 7.73. The molecule has 0 spiro atoms. The highest BCUT2D eigenvalue weighted by Crippen LogP contribution is 2.33. The lowest BCUT2D eigenvalue weighted by Crippen LogP contribution is -2.18. The summed E-state index contributed by atoms with van der Waals surface area (Å²) in [5.74, 6) is 0. The lowest BCUT2D eigenvalue weighted by molar-refractivity contribution is 0.0602. The molecule has 0 bridgehead atoms. The second-order valence-corrected chi connectivity index (χ2v) is 12.5. The number of hydrogen-bond acceptors (Lipinski definition) is 2. The quantitative estimate of drug-likeness (QED) is 0.189. The third-order valence-corrected chi connectivity index (χ3v) is 10.5. The summed E-state index contributed by atoms with van der Waals surface area (Å²) in [7, 11) is -0.804. The first-order valence-electron chi connectivity index (χ1n) is 11.8. The first kappa shape index (κ1) is 24.8. The normalized spacial score (nSPS) is 11.2. The minimum absolute atomic E-state index is 0.402. The Bertz CT molecular complexity index is 892. The molecule has 34 heavy (non-hydrogen) atoms. The molecule has 0 saturated heterocycles. The Balaban J connectivity index is 1.21. The van der Waals surface area contributed by atoms with Gasteiger partial charge >= 0.3 is 0 Å². The zero-order chi connectivity index (χ0) is 23.3. The predicted molar refractivity (Wildman–Crippen MR) is 150 cm³/mol. The summed E-state index contributed by atoms with van der Waals surface area (Å²) in [6, 6.07) is 43.2. The van der Waals surface area contributed by atoms with Gasteiger partial charge in [0, 0.05) is 0 Å². The average molecular weight is 487 g/mol. The van der Waals surface area contributed by atoms with E-state index in [2.05, 4.69) is 121 Å². The summed E-state index contributed by atoms with van der Waals surface area (Å²) >= 11 is 0. The van der Waals surface area contributed by atoms with Crippen molar-refractivity contribution >= 4 is 37.1 Å². The largest absolute Gasteiger partial charge is 0.379 e. The fourth-order valence-corrected chi connectivity index (χ4v) is 8.26. The van der Waals surface area contributed by atoms with E-state index in [0.717, 1.165) is 25.5 Å². The van der Waals surface area contributed by atoms with E-state index in [-0.39, 0.29) is 0 Å². The molecule has 0 amide bonds. The molecule has 0 aliphatic heterocycles. The maximum absolute atomic E-state index is 5.98. The molecular formula is C30H32O2P2. The SMILES string of the molecule is c1ccc(P(CCOCCOCCP(c2ccccc2)c2ccccc2)c2ccccc2)cc1. The van der Waals surface area contributed by atoms with Gasteiger partial charge in [0.2, 0.25) is 0 Å². The fourth-order valence-electron chi connectivity index (χ4n) is 3.88. The Kier molecular flexibility index (Phi) is 10.3. The predicted octanol–water partition coefficient (Wildman–Crippen LogP) is 5.29. The number of hydrogen-bond donors (Lipinski definition) is 0. The molecule has 174 valence electrons. The van der Waals surface area contributed by atoms with Crippen molar-refractivity contribution in [3.63, 3.8) is 0 Å². The Morgan fingerprint density at radius 1 is 0.353 bits per heavy atom. The van der Waals surface area contributed by atoms with Crippen molar-refractivity contribution in [2.75, 3.05) is 38.8 Å². The van der Waals surface area contributed by atoms with E-state index < -0.39 is 15.8 Å². The van der Waals surface area contributed by atoms with Crippen LogP contribution in [0.5, 0.6) is 0 Å². The van der Waals surface area contributed by atoms with E-state index >= 15 is 0 Å². The molecule has 0 unspecified atom stereocenters. The minimum atomic E-state index is -0.402. The number of rotatable bonds is 13. The van der Waals surface area contributed by atoms with Crippen LogP contribution in [0.4, 0.5) is 0 Å². The highest BCUT2D eigenvalue weighted by atomic mass is 31.1. The first-order valence-corrected chi connectivity index (χ1v) is 14.9. The topological polar surface area (TPSA) is 18.5 Å². The lowest BCUT2D eigenvalue weighted by atomic mass is 10.4. The number of benzene rings is 4. The molecule has 4 aromatic rings. The van der Waals surface area contributed by atoms with Gasteiger partial charge in [-0.25, -0.2) is 0 Å². The molecule has 4 rings (SSSR count). The van der Waals surface area contributed by atoms with Crippen molar-refractivity contribution in [3.8, 4) is 0 Å². The molecule has 0 aliphatic carbocycles. The van der Waals surface area contributed by atoms with E-state index in [9.17, 15) is 0 Å². The van der Waals surface area contributed by atoms with E-state index in [1.807, 2.05) is 0 Å². The summed E-state index contributed by atoms with van der Waals surface area (Å²) in [6.45, 7) is 2.78. The van der Waals surface area contributed by atoms with Gasteiger partial charge in [-0.1, -0.05) is 121 Å². The van der Waals surface area contributed by atoms with Crippen molar-refractivity contribution < 1.29 is 9.47 Å². The molecule has 0 fully saturated rings. The van der Waals surface area contributed by atoms with E-state index in [1.54, 1.807) is 0 Å². The zero-order valence-corrected chi connectivity index (χ0v) is 21.3. The van der Waals surface area contributed by atoms with E-state index in [1.165, 1.54) is 21.2 Å². The third-order valence-electron chi connectivity index (χ3n) is 5.56. The molecule has 0 atom stereocenters. The molecule has 0 aromatic heterocycles. The van der Waals surface area contributed by atoms with Gasteiger partial charge in [-0.05, 0) is 49.4 Å². The fraction of sp³-hybridized carbons (Fsp3) is 0.200. The van der Waals surface area contributed by atoms with Crippen LogP contribution < -0.4 is 21.2 Å². The van der Waals surface area contributed by atoms with Crippen LogP contribution >= 0.6 is 15.8 Å². The van der Waals surface area contributed by atoms with Gasteiger partial charge in [0.05, 0.1) is 26.4 Å². The maximum Gasteiger partial charge on any atom is 0.0700 e. The Morgan fingerprint density at radius 3 is 0.882 bits per heavy atom. The van der Waals surface area contributed by atoms with Gasteiger partial charge in [0.15, 0.2) is 0 Å². The van der Waals surface area contributed by atoms with Gasteiger partial charge in [-0.15, -0.1) is 0 Å². The van der Waals surface area contributed by atoms with Gasteiger partial charge < -0.3 is 9.47 Å². The van der Waals surface area contributed by atoms with Crippen LogP contribution in [0.1, 0.15) is 0 Å². The average Bonchev–Trinajstić information content (AvgIpc) is 2.92. The molecule has 0 saturated carbocycles. The molecule has 0 N–H and O–H groups in total. The number of ether oxygens (including phenoxy) is 2. The van der Waals surface area contributed by atoms with Crippen molar-refractivity contribution in [1.82, 2.24) is 0 Å². The van der Waals surface area contributed by atoms with Gasteiger partial charge in [0.1, 0.15) is 0 Å². The maximum atomic E-state index is 5.98. The second kappa shape index (κ2) is 14.1. The van der Waals surface area contributed by atoms with Crippen LogP contribution in [0.2, 0.25) is 0 Å². The first-order chi connectivity index (χ1) is 16.9. The van der Waals surface area contributed by atoms with Crippen LogP contribution in [0, 0.1) is 0 Å². The molecule has 0 radical (unpaired) electrons. The van der Waals surface area contributed by atoms with Crippen molar-refractivity contribution in [2.45, 2.75) is 0 Å². The second-order valence-electron chi connectivity index (χ2n) is 7.87. The standard InChI is InChI=1S/C30H32O2P2/c1-5-13-27(14-6-1)33(28-15-7-2-8-16-28)25-23-31-21-22-32-24-26-34(29-17-9-3-10-18-29)30-19-11-4-12-20-30/h1-20H,21-26H2. The van der Waals surface area contributed by atoms with E-state index in [4.69, 9.17) is 9.47 Å². The summed E-state index contributed by atoms with van der Waals surface area (Å²) in [4.78, 5) is 0. The Morgan fingerprint density at radius 2 is 0.618 bits per heavy atom. The minimum Gasteiger partial charge on any atom is -0.379 e. The van der Waals surface area contributed by atoms with E-state index in [0.29, 0.717) is 13.2 Å². The molecule has 4 heteroatoms. The molecule has 0 aliphatic rings. The Hall–Kier alpha value is -2.34. The Labute approximate surface area is 206 Å². The van der Waals surface area contributed by atoms with Gasteiger partial charge in [0.25, 0.3) is 0 Å². The van der Waals surface area contributed by atoms with Gasteiger partial charge in [-0.2, -0.15) is 0 Å². The lowest BCUT2D eigenvalue weighted by Gasteiger charge is -2.19. The summed E-state index contributed by atoms with van der Waals surface area (Å²) in [6.07, 6.45) is 2.05. The summed E-state index contributed by atoms with van der Waals surface area (Å²) < 4.78 is 12.0. The smallest absolute Gasteiger partial charge is 0.0700 e.